The van der Waals surface area contributed by atoms with E-state index in [-0.39, 0.29) is 5.76 Å². The molecule has 1 aromatic carbocycles. The van der Waals surface area contributed by atoms with Gasteiger partial charge >= 0.3 is 17.9 Å². The lowest BCUT2D eigenvalue weighted by Crippen LogP contribution is -2.26. The molecule has 0 fully saturated rings. The smallest absolute Gasteiger partial charge is 0.475 e. The largest absolute Gasteiger partial charge is 0.490 e. The SMILES string of the molecule is CN(CCn1c(=O)oc2ccccc21)Cc1cc2c(s1)CCNC2.O=C(O)C(F)(F)F. The van der Waals surface area contributed by atoms with E-state index in [2.05, 4.69) is 23.3 Å². The van der Waals surface area contributed by atoms with E-state index in [1.165, 1.54) is 15.3 Å². The van der Waals surface area contributed by atoms with Crippen molar-refractivity contribution in [3.05, 3.63) is 56.2 Å². The Morgan fingerprint density at radius 3 is 2.74 bits per heavy atom. The van der Waals surface area contributed by atoms with Crippen LogP contribution < -0.4 is 11.1 Å². The minimum atomic E-state index is -5.08. The van der Waals surface area contributed by atoms with Crippen LogP contribution in [-0.2, 0) is 30.8 Å². The molecule has 0 amide bonds. The van der Waals surface area contributed by atoms with Gasteiger partial charge in [0, 0.05) is 42.5 Å². The lowest BCUT2D eigenvalue weighted by Gasteiger charge is -2.15. The third-order valence-electron chi connectivity index (χ3n) is 4.74. The molecule has 1 aliphatic rings. The predicted octanol–water partition coefficient (Wildman–Crippen LogP) is 3.07. The molecule has 0 radical (unpaired) electrons. The van der Waals surface area contributed by atoms with Gasteiger partial charge in [-0.25, -0.2) is 9.59 Å². The summed E-state index contributed by atoms with van der Waals surface area (Å²) < 4.78 is 38.7. The van der Waals surface area contributed by atoms with Gasteiger partial charge in [0.2, 0.25) is 0 Å². The number of likely N-dealkylation sites (N-methyl/N-ethyl adjacent to an activating group) is 1. The fraction of sp³-hybridized carbons (Fsp3) is 0.400. The Bertz CT molecular complexity index is 1080. The Balaban J connectivity index is 0.000000339. The van der Waals surface area contributed by atoms with E-state index in [0.717, 1.165) is 38.1 Å². The number of aliphatic carboxylic acids is 1. The zero-order chi connectivity index (χ0) is 22.6. The van der Waals surface area contributed by atoms with Crippen molar-refractivity contribution in [2.24, 2.45) is 0 Å². The summed E-state index contributed by atoms with van der Waals surface area (Å²) in [5.41, 5.74) is 2.98. The summed E-state index contributed by atoms with van der Waals surface area (Å²) in [6, 6.07) is 9.90. The van der Waals surface area contributed by atoms with Gasteiger partial charge in [-0.2, -0.15) is 13.2 Å². The van der Waals surface area contributed by atoms with Gasteiger partial charge in [0.25, 0.3) is 0 Å². The van der Waals surface area contributed by atoms with Gasteiger partial charge in [0.1, 0.15) is 0 Å². The number of halogens is 3. The average molecular weight is 457 g/mol. The first-order valence-electron chi connectivity index (χ1n) is 9.53. The first-order valence-corrected chi connectivity index (χ1v) is 10.3. The predicted molar refractivity (Wildman–Crippen MR) is 110 cm³/mol. The zero-order valence-electron chi connectivity index (χ0n) is 16.7. The van der Waals surface area contributed by atoms with Crippen molar-refractivity contribution >= 4 is 28.4 Å². The topological polar surface area (TPSA) is 87.7 Å². The first-order chi connectivity index (χ1) is 14.6. The van der Waals surface area contributed by atoms with Crippen LogP contribution in [0.15, 0.2) is 39.5 Å². The van der Waals surface area contributed by atoms with Gasteiger partial charge in [-0.05, 0) is 37.2 Å². The lowest BCUT2D eigenvalue weighted by atomic mass is 10.1. The number of aromatic nitrogens is 1. The van der Waals surface area contributed by atoms with Crippen LogP contribution in [0.1, 0.15) is 15.3 Å². The molecule has 2 N–H and O–H groups in total. The molecule has 0 unspecified atom stereocenters. The number of benzene rings is 1. The summed E-state index contributed by atoms with van der Waals surface area (Å²) >= 11 is 1.92. The number of oxazole rings is 1. The molecular weight excluding hydrogens is 435 g/mol. The summed E-state index contributed by atoms with van der Waals surface area (Å²) in [5, 5.41) is 10.5. The number of hydrogen-bond acceptors (Lipinski definition) is 6. The number of carbonyl (C=O) groups is 1. The second-order valence-electron chi connectivity index (χ2n) is 7.12. The molecule has 0 spiro atoms. The number of fused-ring (bicyclic) bond motifs is 2. The maximum Gasteiger partial charge on any atom is 0.490 e. The summed E-state index contributed by atoms with van der Waals surface area (Å²) in [4.78, 5) is 26.1. The lowest BCUT2D eigenvalue weighted by molar-refractivity contribution is -0.192. The number of nitrogens with one attached hydrogen (secondary N) is 1. The van der Waals surface area contributed by atoms with E-state index in [9.17, 15) is 18.0 Å². The summed E-state index contributed by atoms with van der Waals surface area (Å²) in [6.07, 6.45) is -3.94. The van der Waals surface area contributed by atoms with Gasteiger partial charge in [-0.3, -0.25) is 9.47 Å². The van der Waals surface area contributed by atoms with Crippen LogP contribution in [0.2, 0.25) is 0 Å². The van der Waals surface area contributed by atoms with Gasteiger partial charge < -0.3 is 14.8 Å². The third-order valence-corrected chi connectivity index (χ3v) is 5.96. The Kier molecular flexibility index (Phi) is 7.19. The van der Waals surface area contributed by atoms with Crippen LogP contribution in [0.3, 0.4) is 0 Å². The number of alkyl halides is 3. The van der Waals surface area contributed by atoms with Crippen LogP contribution in [0.4, 0.5) is 13.2 Å². The number of hydrogen-bond donors (Lipinski definition) is 2. The van der Waals surface area contributed by atoms with Crippen molar-refractivity contribution in [1.29, 1.82) is 0 Å². The number of carboxylic acids is 1. The first kappa shape index (κ1) is 23.0. The second-order valence-corrected chi connectivity index (χ2v) is 8.34. The fourth-order valence-corrected chi connectivity index (χ4v) is 4.50. The highest BCUT2D eigenvalue weighted by Gasteiger charge is 2.38. The molecule has 0 saturated carbocycles. The van der Waals surface area contributed by atoms with Crippen LogP contribution in [0.25, 0.3) is 11.1 Å². The molecule has 3 aromatic rings. The highest BCUT2D eigenvalue weighted by molar-refractivity contribution is 7.12. The summed E-state index contributed by atoms with van der Waals surface area (Å²) in [6.45, 7) is 4.44. The molecule has 31 heavy (non-hydrogen) atoms. The van der Waals surface area contributed by atoms with E-state index in [0.29, 0.717) is 12.1 Å². The average Bonchev–Trinajstić information content (AvgIpc) is 3.25. The molecule has 7 nitrogen and oxygen atoms in total. The highest BCUT2D eigenvalue weighted by atomic mass is 32.1. The van der Waals surface area contributed by atoms with E-state index in [4.69, 9.17) is 14.3 Å². The molecule has 0 aliphatic carbocycles. The Morgan fingerprint density at radius 1 is 1.35 bits per heavy atom. The maximum absolute atomic E-state index is 12.0. The zero-order valence-corrected chi connectivity index (χ0v) is 17.6. The number of carboxylic acid groups (broad SMARTS) is 1. The van der Waals surface area contributed by atoms with Crippen LogP contribution >= 0.6 is 11.3 Å². The quantitative estimate of drug-likeness (QED) is 0.613. The Hall–Kier alpha value is -2.63. The maximum atomic E-state index is 12.0. The third kappa shape index (κ3) is 5.96. The number of nitrogens with zero attached hydrogens (tertiary/aromatic N) is 2. The van der Waals surface area contributed by atoms with Crippen molar-refractivity contribution in [1.82, 2.24) is 14.8 Å². The van der Waals surface area contributed by atoms with Gasteiger partial charge in [-0.15, -0.1) is 11.3 Å². The van der Waals surface area contributed by atoms with Gasteiger partial charge in [-0.1, -0.05) is 12.1 Å². The van der Waals surface area contributed by atoms with Gasteiger partial charge in [0.05, 0.1) is 5.52 Å². The van der Waals surface area contributed by atoms with Crippen LogP contribution in [0, 0.1) is 0 Å². The highest BCUT2D eigenvalue weighted by Crippen LogP contribution is 2.26. The molecule has 3 heterocycles. The monoisotopic (exact) mass is 457 g/mol. The van der Waals surface area contributed by atoms with E-state index in [1.807, 2.05) is 35.6 Å². The fourth-order valence-electron chi connectivity index (χ4n) is 3.23. The Labute approximate surface area is 179 Å². The van der Waals surface area contributed by atoms with Crippen molar-refractivity contribution in [3.63, 3.8) is 0 Å². The van der Waals surface area contributed by atoms with Crippen molar-refractivity contribution < 1.29 is 27.5 Å². The molecule has 0 saturated heterocycles. The number of thiophene rings is 1. The Morgan fingerprint density at radius 2 is 2.06 bits per heavy atom. The summed E-state index contributed by atoms with van der Waals surface area (Å²) in [5.74, 6) is -3.03. The van der Waals surface area contributed by atoms with Crippen molar-refractivity contribution in [2.45, 2.75) is 32.2 Å². The normalized spacial score (nSPS) is 13.7. The minimum absolute atomic E-state index is 0.276. The number of para-hydroxylation sites is 2. The van der Waals surface area contributed by atoms with Gasteiger partial charge in [0.15, 0.2) is 5.58 Å². The van der Waals surface area contributed by atoms with Crippen LogP contribution in [0.5, 0.6) is 0 Å². The van der Waals surface area contributed by atoms with E-state index in [1.54, 1.807) is 4.57 Å². The second kappa shape index (κ2) is 9.67. The number of rotatable bonds is 5. The molecule has 2 aromatic heterocycles. The van der Waals surface area contributed by atoms with Crippen LogP contribution in [-0.4, -0.2) is 46.9 Å². The van der Waals surface area contributed by atoms with E-state index < -0.39 is 12.1 Å². The molecule has 1 aliphatic heterocycles. The molecule has 0 atom stereocenters. The van der Waals surface area contributed by atoms with Crippen molar-refractivity contribution in [2.75, 3.05) is 20.1 Å². The molecule has 168 valence electrons. The molecule has 11 heteroatoms. The molecular formula is C20H22F3N3O4S. The summed E-state index contributed by atoms with van der Waals surface area (Å²) in [7, 11) is 2.10. The standard InChI is InChI=1S/C18H21N3O2S.C2HF3O2/c1-20(12-14-10-13-11-19-7-6-17(13)24-14)8-9-21-15-4-2-3-5-16(15)23-18(21)22;3-2(4,5)1(6)7/h2-5,10,19H,6-9,11-12H2,1H3;(H,6,7). The molecule has 4 rings (SSSR count). The van der Waals surface area contributed by atoms with E-state index >= 15 is 0 Å². The minimum Gasteiger partial charge on any atom is -0.475 e. The molecule has 0 bridgehead atoms. The van der Waals surface area contributed by atoms with Crippen molar-refractivity contribution in [3.8, 4) is 0 Å².